The number of amides is 1. The van der Waals surface area contributed by atoms with Crippen molar-refractivity contribution >= 4 is 11.6 Å². The Kier molecular flexibility index (Phi) is 5.88. The molecule has 132 valence electrons. The van der Waals surface area contributed by atoms with Gasteiger partial charge in [-0.2, -0.15) is 0 Å². The van der Waals surface area contributed by atoms with Crippen molar-refractivity contribution in [2.45, 2.75) is 6.42 Å². The zero-order valence-corrected chi connectivity index (χ0v) is 14.6. The molecule has 0 atom stereocenters. The van der Waals surface area contributed by atoms with Crippen molar-refractivity contribution in [2.75, 3.05) is 19.0 Å². The van der Waals surface area contributed by atoms with E-state index in [4.69, 9.17) is 9.47 Å². The maximum Gasteiger partial charge on any atom is 0.262 e. The Hall–Kier alpha value is -3.27. The molecule has 3 aromatic carbocycles. The minimum Gasteiger partial charge on any atom is -0.497 e. The second-order valence-corrected chi connectivity index (χ2v) is 5.84. The first-order chi connectivity index (χ1) is 12.7. The first kappa shape index (κ1) is 17.5. The topological polar surface area (TPSA) is 47.6 Å². The third-order valence-electron chi connectivity index (χ3n) is 3.94. The number of methoxy groups -OCH3 is 1. The Balaban J connectivity index is 1.59. The number of hydrogen-bond acceptors (Lipinski definition) is 3. The average Bonchev–Trinajstić information content (AvgIpc) is 2.69. The molecule has 0 bridgehead atoms. The zero-order valence-electron chi connectivity index (χ0n) is 14.6. The van der Waals surface area contributed by atoms with Crippen molar-refractivity contribution in [1.29, 1.82) is 0 Å². The van der Waals surface area contributed by atoms with Crippen LogP contribution in [0.4, 0.5) is 5.69 Å². The Morgan fingerprint density at radius 2 is 1.58 bits per heavy atom. The quantitative estimate of drug-likeness (QED) is 0.693. The van der Waals surface area contributed by atoms with E-state index in [1.165, 1.54) is 5.56 Å². The van der Waals surface area contributed by atoms with Crippen molar-refractivity contribution < 1.29 is 14.3 Å². The first-order valence-corrected chi connectivity index (χ1v) is 8.43. The maximum atomic E-state index is 12.1. The van der Waals surface area contributed by atoms with Gasteiger partial charge in [-0.25, -0.2) is 0 Å². The van der Waals surface area contributed by atoms with E-state index in [1.54, 1.807) is 31.4 Å². The molecule has 0 aliphatic rings. The van der Waals surface area contributed by atoms with Gasteiger partial charge in [0, 0.05) is 12.1 Å². The molecular weight excluding hydrogens is 326 g/mol. The number of para-hydroxylation sites is 1. The molecule has 0 spiro atoms. The fraction of sp³-hybridized carbons (Fsp3) is 0.136. The van der Waals surface area contributed by atoms with Crippen LogP contribution >= 0.6 is 0 Å². The number of ether oxygens (including phenoxy) is 2. The number of carbonyl (C=O) groups is 1. The molecule has 0 heterocycles. The molecule has 0 unspecified atom stereocenters. The lowest BCUT2D eigenvalue weighted by molar-refractivity contribution is -0.118. The highest BCUT2D eigenvalue weighted by atomic mass is 16.5. The van der Waals surface area contributed by atoms with Gasteiger partial charge in [0.2, 0.25) is 0 Å². The van der Waals surface area contributed by atoms with Gasteiger partial charge in [0.15, 0.2) is 6.61 Å². The van der Waals surface area contributed by atoms with Crippen LogP contribution in [0.1, 0.15) is 11.1 Å². The van der Waals surface area contributed by atoms with Gasteiger partial charge in [-0.1, -0.05) is 48.5 Å². The van der Waals surface area contributed by atoms with E-state index in [-0.39, 0.29) is 12.5 Å². The van der Waals surface area contributed by atoms with E-state index < -0.39 is 0 Å². The number of benzene rings is 3. The minimum absolute atomic E-state index is 0.0438. The summed E-state index contributed by atoms with van der Waals surface area (Å²) in [6.07, 6.45) is 0.761. The fourth-order valence-electron chi connectivity index (χ4n) is 2.62. The molecule has 0 aliphatic carbocycles. The lowest BCUT2D eigenvalue weighted by Gasteiger charge is -2.12. The summed E-state index contributed by atoms with van der Waals surface area (Å²) in [5.74, 6) is 1.26. The van der Waals surface area contributed by atoms with Crippen LogP contribution in [0.5, 0.6) is 11.5 Å². The van der Waals surface area contributed by atoms with Crippen molar-refractivity contribution in [3.8, 4) is 11.5 Å². The molecule has 26 heavy (non-hydrogen) atoms. The summed E-state index contributed by atoms with van der Waals surface area (Å²) in [6, 6.07) is 25.1. The van der Waals surface area contributed by atoms with Gasteiger partial charge < -0.3 is 14.8 Å². The van der Waals surface area contributed by atoms with E-state index >= 15 is 0 Å². The van der Waals surface area contributed by atoms with Crippen molar-refractivity contribution in [3.63, 3.8) is 0 Å². The lowest BCUT2D eigenvalue weighted by atomic mass is 10.0. The summed E-state index contributed by atoms with van der Waals surface area (Å²) in [5, 5.41) is 2.81. The molecule has 0 saturated carbocycles. The maximum absolute atomic E-state index is 12.1. The second-order valence-electron chi connectivity index (χ2n) is 5.84. The molecule has 3 rings (SSSR count). The summed E-state index contributed by atoms with van der Waals surface area (Å²) in [4.78, 5) is 12.1. The van der Waals surface area contributed by atoms with Crippen LogP contribution in [-0.4, -0.2) is 19.6 Å². The number of hydrogen-bond donors (Lipinski definition) is 1. The van der Waals surface area contributed by atoms with Crippen molar-refractivity contribution in [3.05, 3.63) is 90.0 Å². The van der Waals surface area contributed by atoms with Gasteiger partial charge in [0.25, 0.3) is 5.91 Å². The van der Waals surface area contributed by atoms with Gasteiger partial charge in [0.1, 0.15) is 11.5 Å². The zero-order chi connectivity index (χ0) is 18.2. The fourth-order valence-corrected chi connectivity index (χ4v) is 2.62. The minimum atomic E-state index is -0.204. The van der Waals surface area contributed by atoms with Gasteiger partial charge >= 0.3 is 0 Å². The van der Waals surface area contributed by atoms with Crippen LogP contribution < -0.4 is 14.8 Å². The normalized spacial score (nSPS) is 10.2. The van der Waals surface area contributed by atoms with Gasteiger partial charge in [-0.3, -0.25) is 4.79 Å². The molecule has 0 radical (unpaired) electrons. The van der Waals surface area contributed by atoms with Gasteiger partial charge in [0.05, 0.1) is 7.11 Å². The highest BCUT2D eigenvalue weighted by Gasteiger charge is 2.08. The van der Waals surface area contributed by atoms with Crippen LogP contribution in [0.3, 0.4) is 0 Å². The molecule has 0 saturated heterocycles. The van der Waals surface area contributed by atoms with E-state index in [1.807, 2.05) is 42.5 Å². The summed E-state index contributed by atoms with van der Waals surface area (Å²) < 4.78 is 10.9. The van der Waals surface area contributed by atoms with E-state index in [0.29, 0.717) is 5.69 Å². The van der Waals surface area contributed by atoms with Crippen LogP contribution in [-0.2, 0) is 11.2 Å². The Labute approximate surface area is 153 Å². The van der Waals surface area contributed by atoms with Crippen LogP contribution in [0.15, 0.2) is 78.9 Å². The molecule has 0 fully saturated rings. The van der Waals surface area contributed by atoms with Crippen LogP contribution in [0.2, 0.25) is 0 Å². The largest absolute Gasteiger partial charge is 0.497 e. The van der Waals surface area contributed by atoms with Gasteiger partial charge in [-0.05, 0) is 41.5 Å². The molecule has 4 heteroatoms. The predicted octanol–water partition coefficient (Wildman–Crippen LogP) is 4.30. The Morgan fingerprint density at radius 1 is 0.885 bits per heavy atom. The average molecular weight is 347 g/mol. The standard InChI is InChI=1S/C22H21NO3/c1-25-20-13-11-19(12-14-20)23-22(24)16-26-21-10-6-5-9-18(21)15-17-7-3-2-4-8-17/h2-14H,15-16H2,1H3,(H,23,24). The molecule has 0 aliphatic heterocycles. The molecule has 1 amide bonds. The Morgan fingerprint density at radius 3 is 2.31 bits per heavy atom. The highest BCUT2D eigenvalue weighted by Crippen LogP contribution is 2.21. The molecule has 4 nitrogen and oxygen atoms in total. The number of nitrogens with one attached hydrogen (secondary N) is 1. The van der Waals surface area contributed by atoms with Gasteiger partial charge in [-0.15, -0.1) is 0 Å². The van der Waals surface area contributed by atoms with E-state index in [2.05, 4.69) is 17.4 Å². The summed E-state index contributed by atoms with van der Waals surface area (Å²) in [5.41, 5.74) is 2.96. The van der Waals surface area contributed by atoms with Crippen molar-refractivity contribution in [1.82, 2.24) is 0 Å². The lowest BCUT2D eigenvalue weighted by Crippen LogP contribution is -2.20. The Bertz CT molecular complexity index is 845. The smallest absolute Gasteiger partial charge is 0.262 e. The highest BCUT2D eigenvalue weighted by molar-refractivity contribution is 5.91. The SMILES string of the molecule is COc1ccc(NC(=O)COc2ccccc2Cc2ccccc2)cc1. The first-order valence-electron chi connectivity index (χ1n) is 8.43. The summed E-state index contributed by atoms with van der Waals surface area (Å²) >= 11 is 0. The summed E-state index contributed by atoms with van der Waals surface area (Å²) in [7, 11) is 1.61. The molecule has 0 aromatic heterocycles. The van der Waals surface area contributed by atoms with E-state index in [0.717, 1.165) is 23.5 Å². The number of rotatable bonds is 7. The van der Waals surface area contributed by atoms with E-state index in [9.17, 15) is 4.79 Å². The molecule has 3 aromatic rings. The van der Waals surface area contributed by atoms with Crippen molar-refractivity contribution in [2.24, 2.45) is 0 Å². The van der Waals surface area contributed by atoms with Crippen LogP contribution in [0.25, 0.3) is 0 Å². The molecule has 1 N–H and O–H groups in total. The predicted molar refractivity (Wildman–Crippen MR) is 103 cm³/mol. The molecular formula is C22H21NO3. The second kappa shape index (κ2) is 8.72. The number of carbonyl (C=O) groups excluding carboxylic acids is 1. The third-order valence-corrected chi connectivity index (χ3v) is 3.94. The summed E-state index contributed by atoms with van der Waals surface area (Å²) in [6.45, 7) is -0.0438. The van der Waals surface area contributed by atoms with Crippen LogP contribution in [0, 0.1) is 0 Å². The monoisotopic (exact) mass is 347 g/mol. The third kappa shape index (κ3) is 4.86. The number of anilines is 1.